The van der Waals surface area contributed by atoms with Crippen LogP contribution in [-0.4, -0.2) is 30.9 Å². The van der Waals surface area contributed by atoms with E-state index in [4.69, 9.17) is 4.74 Å². The summed E-state index contributed by atoms with van der Waals surface area (Å²) in [4.78, 5) is 0. The second-order valence-corrected chi connectivity index (χ2v) is 5.29. The normalized spacial score (nSPS) is 11.7. The van der Waals surface area contributed by atoms with Gasteiger partial charge in [-0.1, -0.05) is 4.68 Å². The van der Waals surface area contributed by atoms with Crippen LogP contribution in [0, 0.1) is 0 Å². The summed E-state index contributed by atoms with van der Waals surface area (Å²) in [5, 5.41) is 5.10. The van der Waals surface area contributed by atoms with E-state index in [-0.39, 0.29) is 6.54 Å². The monoisotopic (exact) mass is 268 g/mol. The summed E-state index contributed by atoms with van der Waals surface area (Å²) < 4.78 is 38.1. The van der Waals surface area contributed by atoms with Gasteiger partial charge in [0.05, 0.1) is 12.9 Å². The average Bonchev–Trinajstić information content (AvgIpc) is 2.34. The van der Waals surface area contributed by atoms with Gasteiger partial charge in [0.25, 0.3) is 0 Å². The SMILES string of the molecule is COc1ccc2n[n+](CCS(=O)(=O)[O-])ccc2c1. The van der Waals surface area contributed by atoms with Crippen LogP contribution in [0.15, 0.2) is 30.5 Å². The molecule has 7 heteroatoms. The first-order chi connectivity index (χ1) is 8.48. The zero-order chi connectivity index (χ0) is 13.2. The Hall–Kier alpha value is -1.73. The molecule has 0 radical (unpaired) electrons. The van der Waals surface area contributed by atoms with Crippen LogP contribution in [0.4, 0.5) is 0 Å². The van der Waals surface area contributed by atoms with Crippen LogP contribution >= 0.6 is 0 Å². The Bertz CT molecular complexity index is 670. The third-order valence-electron chi connectivity index (χ3n) is 2.47. The smallest absolute Gasteiger partial charge is 0.196 e. The zero-order valence-corrected chi connectivity index (χ0v) is 10.6. The molecule has 0 saturated heterocycles. The topological polar surface area (TPSA) is 83.2 Å². The Morgan fingerprint density at radius 2 is 2.17 bits per heavy atom. The molecule has 0 amide bonds. The molecule has 0 unspecified atom stereocenters. The highest BCUT2D eigenvalue weighted by molar-refractivity contribution is 7.85. The second kappa shape index (κ2) is 4.87. The van der Waals surface area contributed by atoms with Crippen molar-refractivity contribution >= 4 is 21.0 Å². The summed E-state index contributed by atoms with van der Waals surface area (Å²) in [5.74, 6) is 0.260. The van der Waals surface area contributed by atoms with E-state index in [9.17, 15) is 13.0 Å². The summed E-state index contributed by atoms with van der Waals surface area (Å²) >= 11 is 0. The molecule has 0 fully saturated rings. The molecule has 6 nitrogen and oxygen atoms in total. The van der Waals surface area contributed by atoms with Crippen LogP contribution in [0.25, 0.3) is 10.9 Å². The molecule has 96 valence electrons. The van der Waals surface area contributed by atoms with E-state index in [2.05, 4.69) is 5.10 Å². The fourth-order valence-corrected chi connectivity index (χ4v) is 1.96. The lowest BCUT2D eigenvalue weighted by molar-refractivity contribution is -0.747. The minimum Gasteiger partial charge on any atom is -0.748 e. The third kappa shape index (κ3) is 3.14. The summed E-state index contributed by atoms with van der Waals surface area (Å²) in [7, 11) is -2.64. The number of methoxy groups -OCH3 is 1. The maximum absolute atomic E-state index is 10.5. The maximum Gasteiger partial charge on any atom is 0.196 e. The molecule has 1 heterocycles. The predicted molar refractivity (Wildman–Crippen MR) is 63.1 cm³/mol. The van der Waals surface area contributed by atoms with Gasteiger partial charge in [-0.25, -0.2) is 8.42 Å². The molecule has 0 N–H and O–H groups in total. The Morgan fingerprint density at radius 3 is 2.83 bits per heavy atom. The number of hydrogen-bond donors (Lipinski definition) is 0. The van der Waals surface area contributed by atoms with Crippen molar-refractivity contribution in [3.63, 3.8) is 0 Å². The first-order valence-corrected chi connectivity index (χ1v) is 6.84. The van der Waals surface area contributed by atoms with Gasteiger partial charge in [-0.3, -0.25) is 0 Å². The molecule has 18 heavy (non-hydrogen) atoms. The lowest BCUT2D eigenvalue weighted by atomic mass is 10.2. The minimum absolute atomic E-state index is 0.0494. The van der Waals surface area contributed by atoms with Gasteiger partial charge in [0.2, 0.25) is 0 Å². The van der Waals surface area contributed by atoms with E-state index >= 15 is 0 Å². The van der Waals surface area contributed by atoms with Crippen molar-refractivity contribution in [2.45, 2.75) is 6.54 Å². The number of rotatable bonds is 4. The largest absolute Gasteiger partial charge is 0.748 e. The minimum atomic E-state index is -4.22. The van der Waals surface area contributed by atoms with Crippen molar-refractivity contribution in [1.82, 2.24) is 5.10 Å². The van der Waals surface area contributed by atoms with Gasteiger partial charge in [-0.15, -0.1) is 0 Å². The summed E-state index contributed by atoms with van der Waals surface area (Å²) in [6.07, 6.45) is 1.63. The van der Waals surface area contributed by atoms with Crippen molar-refractivity contribution < 1.29 is 22.4 Å². The van der Waals surface area contributed by atoms with E-state index in [1.54, 1.807) is 31.5 Å². The van der Waals surface area contributed by atoms with Gasteiger partial charge in [-0.2, -0.15) is 0 Å². The van der Waals surface area contributed by atoms with Crippen molar-refractivity contribution in [1.29, 1.82) is 0 Å². The number of benzene rings is 1. The zero-order valence-electron chi connectivity index (χ0n) is 9.74. The van der Waals surface area contributed by atoms with Crippen LogP contribution < -0.4 is 9.42 Å². The van der Waals surface area contributed by atoms with Crippen molar-refractivity contribution in [2.75, 3.05) is 12.9 Å². The van der Waals surface area contributed by atoms with Gasteiger partial charge in [0.1, 0.15) is 21.4 Å². The third-order valence-corrected chi connectivity index (χ3v) is 3.15. The van der Waals surface area contributed by atoms with Gasteiger partial charge in [-0.05, 0) is 18.2 Å². The van der Waals surface area contributed by atoms with Crippen molar-refractivity contribution in [3.05, 3.63) is 30.5 Å². The number of nitrogens with zero attached hydrogens (tertiary/aromatic N) is 2. The van der Waals surface area contributed by atoms with Crippen LogP contribution in [0.3, 0.4) is 0 Å². The molecule has 1 aromatic heterocycles. The van der Waals surface area contributed by atoms with Crippen molar-refractivity contribution in [2.24, 2.45) is 0 Å². The first-order valence-electron chi connectivity index (χ1n) is 5.26. The Labute approximate surface area is 105 Å². The van der Waals surface area contributed by atoms with Crippen LogP contribution in [0.2, 0.25) is 0 Å². The Morgan fingerprint density at radius 1 is 1.39 bits per heavy atom. The fraction of sp³-hybridized carbons (Fsp3) is 0.273. The quantitative estimate of drug-likeness (QED) is 0.579. The van der Waals surface area contributed by atoms with Crippen molar-refractivity contribution in [3.8, 4) is 5.75 Å². The molecule has 0 saturated carbocycles. The van der Waals surface area contributed by atoms with Crippen LogP contribution in [0.1, 0.15) is 0 Å². The molecular formula is C11H12N2O4S. The number of aryl methyl sites for hydroxylation is 1. The summed E-state index contributed by atoms with van der Waals surface area (Å²) in [6.45, 7) is 0.0494. The molecule has 0 aliphatic rings. The van der Waals surface area contributed by atoms with E-state index in [1.165, 1.54) is 4.68 Å². The average molecular weight is 268 g/mol. The molecule has 0 atom stereocenters. The molecule has 0 aliphatic carbocycles. The molecule has 0 bridgehead atoms. The second-order valence-electron chi connectivity index (χ2n) is 3.77. The number of hydrogen-bond acceptors (Lipinski definition) is 5. The van der Waals surface area contributed by atoms with Crippen LogP contribution in [-0.2, 0) is 16.7 Å². The van der Waals surface area contributed by atoms with Gasteiger partial charge >= 0.3 is 0 Å². The standard InChI is InChI=1S/C11H12N2O4S/c1-17-10-2-3-11-9(8-10)4-5-13(12-11)6-7-18(14,15)16/h2-5,8H,6-7H2,1H3. The van der Waals surface area contributed by atoms with Crippen LogP contribution in [0.5, 0.6) is 5.75 Å². The Balaban J connectivity index is 2.28. The van der Waals surface area contributed by atoms with Gasteiger partial charge in [0, 0.05) is 16.6 Å². The molecule has 2 aromatic rings. The highest BCUT2D eigenvalue weighted by Gasteiger charge is 2.08. The summed E-state index contributed by atoms with van der Waals surface area (Å²) in [6, 6.07) is 7.17. The van der Waals surface area contributed by atoms with E-state index < -0.39 is 15.9 Å². The molecular weight excluding hydrogens is 256 g/mol. The fourth-order valence-electron chi connectivity index (χ4n) is 1.55. The van der Waals surface area contributed by atoms with E-state index in [0.29, 0.717) is 5.52 Å². The number of ether oxygens (including phenoxy) is 1. The molecule has 2 rings (SSSR count). The van der Waals surface area contributed by atoms with Gasteiger partial charge in [0.15, 0.2) is 12.7 Å². The number of aromatic nitrogens is 2. The predicted octanol–water partition coefficient (Wildman–Crippen LogP) is 0.0761. The lowest BCUT2D eigenvalue weighted by Gasteiger charge is -2.03. The maximum atomic E-state index is 10.5. The molecule has 0 spiro atoms. The van der Waals surface area contributed by atoms with E-state index in [1.807, 2.05) is 6.07 Å². The first kappa shape index (κ1) is 12.7. The Kier molecular flexibility index (Phi) is 3.44. The van der Waals surface area contributed by atoms with E-state index in [0.717, 1.165) is 11.1 Å². The van der Waals surface area contributed by atoms with Gasteiger partial charge < -0.3 is 9.29 Å². The lowest BCUT2D eigenvalue weighted by Crippen LogP contribution is -2.40. The highest BCUT2D eigenvalue weighted by Crippen LogP contribution is 2.17. The highest BCUT2D eigenvalue weighted by atomic mass is 32.2. The number of fused-ring (bicyclic) bond motifs is 1. The molecule has 0 aliphatic heterocycles. The summed E-state index contributed by atoms with van der Waals surface area (Å²) in [5.41, 5.74) is 0.710. The molecule has 1 aromatic carbocycles.